The topological polar surface area (TPSA) is 69.2 Å². The second-order valence-corrected chi connectivity index (χ2v) is 5.92. The van der Waals surface area contributed by atoms with Crippen LogP contribution in [0.25, 0.3) is 0 Å². The van der Waals surface area contributed by atoms with Gasteiger partial charge in [-0.3, -0.25) is 14.8 Å². The number of aromatic nitrogens is 2. The Morgan fingerprint density at radius 3 is 2.85 bits per heavy atom. The molecule has 1 aliphatic rings. The number of aromatic amines is 1. The van der Waals surface area contributed by atoms with E-state index in [4.69, 9.17) is 0 Å². The molecule has 3 heterocycles. The van der Waals surface area contributed by atoms with Gasteiger partial charge in [-0.15, -0.1) is 0 Å². The molecule has 0 amide bonds. The molecule has 1 atom stereocenters. The van der Waals surface area contributed by atoms with E-state index < -0.39 is 12.0 Å². The zero-order chi connectivity index (χ0) is 13.9. The van der Waals surface area contributed by atoms with Gasteiger partial charge in [0.15, 0.2) is 0 Å². The summed E-state index contributed by atoms with van der Waals surface area (Å²) in [4.78, 5) is 13.6. The maximum atomic E-state index is 11.6. The van der Waals surface area contributed by atoms with Gasteiger partial charge in [-0.25, -0.2) is 0 Å². The van der Waals surface area contributed by atoms with Gasteiger partial charge in [0.1, 0.15) is 6.04 Å². The molecule has 20 heavy (non-hydrogen) atoms. The lowest BCUT2D eigenvalue weighted by Crippen LogP contribution is -2.39. The molecule has 0 saturated carbocycles. The van der Waals surface area contributed by atoms with Crippen LogP contribution < -0.4 is 0 Å². The van der Waals surface area contributed by atoms with E-state index in [1.807, 2.05) is 29.2 Å². The number of aliphatic carboxylic acids is 1. The summed E-state index contributed by atoms with van der Waals surface area (Å²) in [7, 11) is 0. The van der Waals surface area contributed by atoms with Gasteiger partial charge in [-0.2, -0.15) is 16.4 Å². The van der Waals surface area contributed by atoms with Crippen molar-refractivity contribution in [3.63, 3.8) is 0 Å². The molecular weight excluding hydrogens is 274 g/mol. The van der Waals surface area contributed by atoms with E-state index in [1.165, 1.54) is 5.56 Å². The number of H-pyrrole nitrogens is 1. The van der Waals surface area contributed by atoms with Crippen LogP contribution in [0.2, 0.25) is 0 Å². The summed E-state index contributed by atoms with van der Waals surface area (Å²) in [5.41, 5.74) is 2.12. The number of nitrogens with zero attached hydrogens (tertiary/aromatic N) is 2. The first kappa shape index (κ1) is 13.3. The van der Waals surface area contributed by atoms with Crippen molar-refractivity contribution < 1.29 is 9.90 Å². The smallest absolute Gasteiger partial charge is 0.325 e. The minimum Gasteiger partial charge on any atom is -0.480 e. The highest BCUT2D eigenvalue weighted by Gasteiger charge is 2.31. The molecule has 0 aliphatic carbocycles. The van der Waals surface area contributed by atoms with Crippen LogP contribution in [0, 0.1) is 0 Å². The predicted octanol–water partition coefficient (Wildman–Crippen LogP) is 2.48. The van der Waals surface area contributed by atoms with Crippen LogP contribution in [0.15, 0.2) is 29.2 Å². The number of likely N-dealkylation sites (tertiary alicyclic amines) is 1. The molecule has 0 spiro atoms. The van der Waals surface area contributed by atoms with Crippen LogP contribution >= 0.6 is 11.3 Å². The van der Waals surface area contributed by atoms with Crippen molar-refractivity contribution in [3.8, 4) is 0 Å². The minimum absolute atomic E-state index is 0.488. The van der Waals surface area contributed by atoms with E-state index >= 15 is 0 Å². The fraction of sp³-hybridized carbons (Fsp3) is 0.429. The average molecular weight is 291 g/mol. The highest BCUT2D eigenvalue weighted by Crippen LogP contribution is 2.32. The van der Waals surface area contributed by atoms with Crippen molar-refractivity contribution in [2.45, 2.75) is 24.8 Å². The lowest BCUT2D eigenvalue weighted by molar-refractivity contribution is -0.144. The fourth-order valence-electron chi connectivity index (χ4n) is 2.92. The van der Waals surface area contributed by atoms with Crippen LogP contribution in [-0.4, -0.2) is 39.3 Å². The monoisotopic (exact) mass is 291 g/mol. The molecule has 1 fully saturated rings. The third kappa shape index (κ3) is 2.62. The highest BCUT2D eigenvalue weighted by atomic mass is 32.1. The number of rotatable bonds is 4. The predicted molar refractivity (Wildman–Crippen MR) is 76.8 cm³/mol. The molecular formula is C14H17N3O2S. The molecule has 0 aromatic carbocycles. The fourth-order valence-corrected chi connectivity index (χ4v) is 3.59. The number of hydrogen-bond acceptors (Lipinski definition) is 4. The van der Waals surface area contributed by atoms with E-state index in [1.54, 1.807) is 11.3 Å². The first-order chi connectivity index (χ1) is 9.75. The van der Waals surface area contributed by atoms with E-state index in [9.17, 15) is 9.90 Å². The highest BCUT2D eigenvalue weighted by molar-refractivity contribution is 7.08. The lowest BCUT2D eigenvalue weighted by atomic mass is 9.90. The Morgan fingerprint density at radius 2 is 2.30 bits per heavy atom. The molecule has 2 aromatic rings. The van der Waals surface area contributed by atoms with E-state index in [0.717, 1.165) is 31.5 Å². The number of piperidine rings is 1. The summed E-state index contributed by atoms with van der Waals surface area (Å²) in [5.74, 6) is -0.271. The normalized spacial score (nSPS) is 19.0. The number of nitrogens with one attached hydrogen (secondary N) is 1. The van der Waals surface area contributed by atoms with Crippen LogP contribution in [0.4, 0.5) is 0 Å². The Balaban J connectivity index is 1.68. The Labute approximate surface area is 121 Å². The van der Waals surface area contributed by atoms with E-state index in [2.05, 4.69) is 15.1 Å². The third-order valence-corrected chi connectivity index (χ3v) is 4.68. The summed E-state index contributed by atoms with van der Waals surface area (Å²) < 4.78 is 0. The third-order valence-electron chi connectivity index (χ3n) is 3.98. The van der Waals surface area contributed by atoms with Crippen LogP contribution in [0.3, 0.4) is 0 Å². The molecule has 2 N–H and O–H groups in total. The van der Waals surface area contributed by atoms with Crippen molar-refractivity contribution in [2.75, 3.05) is 13.1 Å². The second-order valence-electron chi connectivity index (χ2n) is 5.14. The molecule has 3 rings (SSSR count). The average Bonchev–Trinajstić information content (AvgIpc) is 3.12. The Hall–Kier alpha value is -1.66. The van der Waals surface area contributed by atoms with Crippen molar-refractivity contribution >= 4 is 17.3 Å². The molecule has 2 aromatic heterocycles. The standard InChI is InChI=1S/C14H17N3O2S/c18-14(19)13(11-3-6-20-9-11)17-4-1-10(2-5-17)12-7-15-16-8-12/h3,6-10,13H,1-2,4-5H2,(H,15,16)(H,18,19). The lowest BCUT2D eigenvalue weighted by Gasteiger charge is -2.35. The summed E-state index contributed by atoms with van der Waals surface area (Å²) >= 11 is 1.55. The maximum absolute atomic E-state index is 11.6. The van der Waals surface area contributed by atoms with Gasteiger partial charge in [0.2, 0.25) is 0 Å². The zero-order valence-corrected chi connectivity index (χ0v) is 11.8. The number of thiophene rings is 1. The summed E-state index contributed by atoms with van der Waals surface area (Å²) in [6.07, 6.45) is 5.77. The van der Waals surface area contributed by atoms with Crippen molar-refractivity contribution in [1.29, 1.82) is 0 Å². The van der Waals surface area contributed by atoms with Crippen molar-refractivity contribution in [2.24, 2.45) is 0 Å². The summed E-state index contributed by atoms with van der Waals surface area (Å²) in [6.45, 7) is 1.62. The number of carbonyl (C=O) groups is 1. The second kappa shape index (κ2) is 5.76. The Kier molecular flexibility index (Phi) is 3.84. The first-order valence-electron chi connectivity index (χ1n) is 6.73. The van der Waals surface area contributed by atoms with Gasteiger partial charge in [-0.1, -0.05) is 0 Å². The summed E-state index contributed by atoms with van der Waals surface area (Å²) in [6, 6.07) is 1.40. The Morgan fingerprint density at radius 1 is 1.50 bits per heavy atom. The van der Waals surface area contributed by atoms with Gasteiger partial charge >= 0.3 is 5.97 Å². The molecule has 0 bridgehead atoms. The molecule has 106 valence electrons. The van der Waals surface area contributed by atoms with Gasteiger partial charge in [0.25, 0.3) is 0 Å². The maximum Gasteiger partial charge on any atom is 0.325 e. The van der Waals surface area contributed by atoms with Gasteiger partial charge in [0.05, 0.1) is 6.20 Å². The van der Waals surface area contributed by atoms with Crippen molar-refractivity contribution in [1.82, 2.24) is 15.1 Å². The van der Waals surface area contributed by atoms with Crippen molar-refractivity contribution in [3.05, 3.63) is 40.3 Å². The minimum atomic E-state index is -0.759. The molecule has 6 heteroatoms. The largest absolute Gasteiger partial charge is 0.480 e. The Bertz CT molecular complexity index is 545. The number of carboxylic acid groups (broad SMARTS) is 1. The molecule has 5 nitrogen and oxygen atoms in total. The van der Waals surface area contributed by atoms with Gasteiger partial charge in [-0.05, 0) is 59.8 Å². The first-order valence-corrected chi connectivity index (χ1v) is 7.67. The molecule has 1 saturated heterocycles. The number of hydrogen-bond donors (Lipinski definition) is 2. The van der Waals surface area contributed by atoms with Crippen LogP contribution in [0.1, 0.15) is 35.9 Å². The summed E-state index contributed by atoms with van der Waals surface area (Å²) in [5, 5.41) is 20.2. The molecule has 1 aliphatic heterocycles. The van der Waals surface area contributed by atoms with E-state index in [-0.39, 0.29) is 0 Å². The zero-order valence-electron chi connectivity index (χ0n) is 11.0. The van der Waals surface area contributed by atoms with Gasteiger partial charge < -0.3 is 5.11 Å². The van der Waals surface area contributed by atoms with Gasteiger partial charge in [0, 0.05) is 6.20 Å². The number of carboxylic acids is 1. The molecule has 1 unspecified atom stereocenters. The quantitative estimate of drug-likeness (QED) is 0.908. The van der Waals surface area contributed by atoms with Crippen LogP contribution in [-0.2, 0) is 4.79 Å². The SMILES string of the molecule is O=C(O)C(c1ccsc1)N1CCC(c2cn[nH]c2)CC1. The molecule has 0 radical (unpaired) electrons. The van der Waals surface area contributed by atoms with Crippen LogP contribution in [0.5, 0.6) is 0 Å². The van der Waals surface area contributed by atoms with E-state index in [0.29, 0.717) is 5.92 Å².